The molecule has 7 heteroatoms. The molecule has 1 aromatic carbocycles. The van der Waals surface area contributed by atoms with E-state index >= 15 is 0 Å². The Morgan fingerprint density at radius 1 is 1.20 bits per heavy atom. The molecule has 1 unspecified atom stereocenters. The summed E-state index contributed by atoms with van der Waals surface area (Å²) in [4.78, 5) is 15.3. The molecule has 4 atom stereocenters. The molecule has 0 radical (unpaired) electrons. The molecule has 2 aromatic rings. The van der Waals surface area contributed by atoms with E-state index in [1.54, 1.807) is 0 Å². The van der Waals surface area contributed by atoms with Gasteiger partial charge in [0, 0.05) is 18.3 Å². The van der Waals surface area contributed by atoms with E-state index in [1.165, 1.54) is 6.42 Å². The number of aromatic nitrogens is 3. The van der Waals surface area contributed by atoms with Gasteiger partial charge in [0.25, 0.3) is 0 Å². The van der Waals surface area contributed by atoms with Crippen LogP contribution < -0.4 is 5.32 Å². The molecule has 7 nitrogen and oxygen atoms in total. The zero-order valence-electron chi connectivity index (χ0n) is 17.4. The predicted molar refractivity (Wildman–Crippen MR) is 114 cm³/mol. The molecule has 1 saturated carbocycles. The molecule has 2 N–H and O–H groups in total. The van der Waals surface area contributed by atoms with Gasteiger partial charge in [-0.1, -0.05) is 42.7 Å². The number of nitrogens with zero attached hydrogens (tertiary/aromatic N) is 4. The van der Waals surface area contributed by atoms with Crippen LogP contribution in [-0.4, -0.2) is 50.0 Å². The Morgan fingerprint density at radius 3 is 2.73 bits per heavy atom. The fraction of sp³-hybridized carbons (Fsp3) is 0.609. The number of hydrogen-bond donors (Lipinski definition) is 2. The van der Waals surface area contributed by atoms with Gasteiger partial charge in [0.05, 0.1) is 18.7 Å². The highest BCUT2D eigenvalue weighted by atomic mass is 16.3. The second-order valence-corrected chi connectivity index (χ2v) is 9.31. The summed E-state index contributed by atoms with van der Waals surface area (Å²) in [5, 5.41) is 22.6. The number of benzene rings is 1. The van der Waals surface area contributed by atoms with Crippen LogP contribution in [-0.2, 0) is 16.9 Å². The Hall–Kier alpha value is -2.25. The minimum absolute atomic E-state index is 0.0458. The molecule has 1 amide bonds. The van der Waals surface area contributed by atoms with Crippen molar-refractivity contribution in [3.63, 3.8) is 0 Å². The number of amides is 1. The van der Waals surface area contributed by atoms with Gasteiger partial charge in [0.15, 0.2) is 0 Å². The van der Waals surface area contributed by atoms with E-state index in [2.05, 4.69) is 20.5 Å². The zero-order valence-corrected chi connectivity index (χ0v) is 17.4. The van der Waals surface area contributed by atoms with Crippen LogP contribution in [0.2, 0.25) is 0 Å². The van der Waals surface area contributed by atoms with Gasteiger partial charge in [-0.2, -0.15) is 0 Å². The Labute approximate surface area is 177 Å². The van der Waals surface area contributed by atoms with Crippen molar-refractivity contribution >= 4 is 11.6 Å². The predicted octanol–water partition coefficient (Wildman–Crippen LogP) is 2.78. The van der Waals surface area contributed by atoms with E-state index in [9.17, 15) is 9.90 Å². The lowest BCUT2D eigenvalue weighted by molar-refractivity contribution is -0.127. The summed E-state index contributed by atoms with van der Waals surface area (Å²) in [6, 6.07) is 10.1. The molecule has 3 aliphatic heterocycles. The lowest BCUT2D eigenvalue weighted by Gasteiger charge is -2.49. The number of fused-ring (bicyclic) bond motifs is 3. The zero-order chi connectivity index (χ0) is 20.6. The Bertz CT molecular complexity index is 877. The van der Waals surface area contributed by atoms with Crippen molar-refractivity contribution in [2.24, 2.45) is 11.8 Å². The summed E-state index contributed by atoms with van der Waals surface area (Å²) in [5.41, 5.74) is 0.785. The van der Waals surface area contributed by atoms with Gasteiger partial charge >= 0.3 is 0 Å². The maximum atomic E-state index is 12.8. The minimum Gasteiger partial charge on any atom is -0.383 e. The van der Waals surface area contributed by atoms with Crippen LogP contribution in [0.15, 0.2) is 36.5 Å². The number of aliphatic hydroxyl groups is 1. The lowest BCUT2D eigenvalue weighted by Crippen LogP contribution is -2.57. The number of carbonyl (C=O) groups excluding carboxylic acids is 1. The molecular formula is C23H31N5O2. The van der Waals surface area contributed by atoms with Crippen molar-refractivity contribution in [3.8, 4) is 0 Å². The molecule has 4 fully saturated rings. The van der Waals surface area contributed by atoms with Crippen molar-refractivity contribution in [1.82, 2.24) is 19.9 Å². The molecular weight excluding hydrogens is 378 g/mol. The molecule has 1 aromatic heterocycles. The standard InChI is InChI=1S/C23H31N5O2/c29-22(24-18-7-3-1-4-8-18)20-15-27-12-9-17(20)13-19(27)14-28-16-21(25-26-28)23(30)10-5-2-6-11-23/h1,3-4,7-8,16-17,19-20,30H,2,5-6,9-15H2,(H,24,29)/t17-,19-,20+/m1/s1. The number of hydrogen-bond acceptors (Lipinski definition) is 5. The minimum atomic E-state index is -0.803. The average molecular weight is 410 g/mol. The van der Waals surface area contributed by atoms with Gasteiger partial charge in [-0.05, 0) is 50.3 Å². The topological polar surface area (TPSA) is 83.3 Å². The Morgan fingerprint density at radius 2 is 2.00 bits per heavy atom. The number of anilines is 1. The number of rotatable bonds is 5. The molecule has 0 spiro atoms. The van der Waals surface area contributed by atoms with Crippen molar-refractivity contribution in [2.45, 2.75) is 63.1 Å². The van der Waals surface area contributed by atoms with Crippen LogP contribution in [0, 0.1) is 11.8 Å². The van der Waals surface area contributed by atoms with Gasteiger partial charge < -0.3 is 10.4 Å². The van der Waals surface area contributed by atoms with Gasteiger partial charge in [-0.3, -0.25) is 14.4 Å². The quantitative estimate of drug-likeness (QED) is 0.793. The van der Waals surface area contributed by atoms with Gasteiger partial charge in [0.2, 0.25) is 5.91 Å². The smallest absolute Gasteiger partial charge is 0.229 e. The van der Waals surface area contributed by atoms with Crippen molar-refractivity contribution in [2.75, 3.05) is 18.4 Å². The van der Waals surface area contributed by atoms with E-state index in [0.717, 1.165) is 69.5 Å². The van der Waals surface area contributed by atoms with E-state index in [1.807, 2.05) is 41.2 Å². The number of piperidine rings is 3. The van der Waals surface area contributed by atoms with Crippen LogP contribution >= 0.6 is 0 Å². The maximum absolute atomic E-state index is 12.8. The fourth-order valence-electron chi connectivity index (χ4n) is 5.59. The summed E-state index contributed by atoms with van der Waals surface area (Å²) < 4.78 is 1.90. The van der Waals surface area contributed by atoms with Crippen molar-refractivity contribution < 1.29 is 9.90 Å². The molecule has 6 rings (SSSR count). The largest absolute Gasteiger partial charge is 0.383 e. The van der Waals surface area contributed by atoms with Gasteiger partial charge in [-0.15, -0.1) is 5.10 Å². The van der Waals surface area contributed by atoms with Crippen molar-refractivity contribution in [1.29, 1.82) is 0 Å². The number of carbonyl (C=O) groups is 1. The third-order valence-corrected chi connectivity index (χ3v) is 7.35. The highest BCUT2D eigenvalue weighted by Crippen LogP contribution is 2.38. The van der Waals surface area contributed by atoms with Crippen LogP contribution in [0.25, 0.3) is 0 Å². The van der Waals surface area contributed by atoms with Gasteiger partial charge in [0.1, 0.15) is 11.3 Å². The number of para-hydroxylation sites is 1. The van der Waals surface area contributed by atoms with Crippen LogP contribution in [0.5, 0.6) is 0 Å². The molecule has 4 heterocycles. The second-order valence-electron chi connectivity index (χ2n) is 9.31. The first kappa shape index (κ1) is 19.7. The molecule has 3 saturated heterocycles. The Kier molecular flexibility index (Phi) is 5.33. The highest BCUT2D eigenvalue weighted by molar-refractivity contribution is 5.93. The van der Waals surface area contributed by atoms with Crippen molar-refractivity contribution in [3.05, 3.63) is 42.2 Å². The Balaban J connectivity index is 1.21. The summed E-state index contributed by atoms with van der Waals surface area (Å²) in [5.74, 6) is 0.593. The number of nitrogens with one attached hydrogen (secondary N) is 1. The summed E-state index contributed by atoms with van der Waals surface area (Å²) >= 11 is 0. The molecule has 160 valence electrons. The fourth-order valence-corrected chi connectivity index (χ4v) is 5.59. The highest BCUT2D eigenvalue weighted by Gasteiger charge is 2.43. The third-order valence-electron chi connectivity index (χ3n) is 7.35. The van der Waals surface area contributed by atoms with Crippen LogP contribution in [0.3, 0.4) is 0 Å². The van der Waals surface area contributed by atoms with E-state index < -0.39 is 5.60 Å². The summed E-state index contributed by atoms with van der Waals surface area (Å²) in [7, 11) is 0. The van der Waals surface area contributed by atoms with Crippen LogP contribution in [0.4, 0.5) is 5.69 Å². The second kappa shape index (κ2) is 8.12. The molecule has 2 bridgehead atoms. The van der Waals surface area contributed by atoms with Gasteiger partial charge in [-0.25, -0.2) is 0 Å². The normalized spacial score (nSPS) is 30.2. The monoisotopic (exact) mass is 409 g/mol. The van der Waals surface area contributed by atoms with E-state index in [0.29, 0.717) is 12.0 Å². The first-order chi connectivity index (χ1) is 14.6. The summed E-state index contributed by atoms with van der Waals surface area (Å²) in [6.45, 7) is 2.61. The SMILES string of the molecule is O=C(Nc1ccccc1)[C@H]1CN2CC[C@@H]1C[C@@H]2Cn1cc(C2(O)CCCCC2)nn1. The van der Waals surface area contributed by atoms with E-state index in [4.69, 9.17) is 0 Å². The lowest BCUT2D eigenvalue weighted by atomic mass is 9.75. The van der Waals surface area contributed by atoms with E-state index in [-0.39, 0.29) is 11.8 Å². The molecule has 30 heavy (non-hydrogen) atoms. The molecule has 4 aliphatic rings. The third kappa shape index (κ3) is 3.88. The first-order valence-corrected chi connectivity index (χ1v) is 11.3. The van der Waals surface area contributed by atoms with Crippen LogP contribution in [0.1, 0.15) is 50.6 Å². The molecule has 1 aliphatic carbocycles. The average Bonchev–Trinajstić information content (AvgIpc) is 3.25. The summed E-state index contributed by atoms with van der Waals surface area (Å²) in [6.07, 6.45) is 8.87. The first-order valence-electron chi connectivity index (χ1n) is 11.3. The maximum Gasteiger partial charge on any atom is 0.229 e.